The van der Waals surface area contributed by atoms with E-state index in [1.54, 1.807) is 25.3 Å². The highest BCUT2D eigenvalue weighted by Crippen LogP contribution is 2.27. The number of pyridine rings is 1. The number of hydrogen-bond acceptors (Lipinski definition) is 6. The van der Waals surface area contributed by atoms with Crippen LogP contribution in [0.15, 0.2) is 23.2 Å². The minimum atomic E-state index is -3.35. The smallest absolute Gasteiger partial charge is 0.310 e. The summed E-state index contributed by atoms with van der Waals surface area (Å²) in [5.74, 6) is -0.0267. The second-order valence-corrected chi connectivity index (χ2v) is 7.12. The molecule has 0 aromatic carbocycles. The first-order chi connectivity index (χ1) is 9.93. The number of ether oxygens (including phenoxy) is 1. The molecule has 1 aromatic rings. The maximum absolute atomic E-state index is 11.9. The third kappa shape index (κ3) is 3.72. The third-order valence-corrected chi connectivity index (χ3v) is 4.61. The molecule has 0 amide bonds. The van der Waals surface area contributed by atoms with Crippen LogP contribution in [0.4, 0.5) is 5.82 Å². The summed E-state index contributed by atoms with van der Waals surface area (Å²) in [6.07, 6.45) is 4.30. The van der Waals surface area contributed by atoms with Crippen molar-refractivity contribution < 1.29 is 17.9 Å². The van der Waals surface area contributed by atoms with Gasteiger partial charge in [0.2, 0.25) is 0 Å². The van der Waals surface area contributed by atoms with Crippen molar-refractivity contribution in [3.8, 4) is 0 Å². The van der Waals surface area contributed by atoms with Crippen LogP contribution in [0.2, 0.25) is 0 Å². The van der Waals surface area contributed by atoms with E-state index < -0.39 is 9.84 Å². The molecule has 1 saturated heterocycles. The second kappa shape index (κ2) is 6.43. The molecule has 21 heavy (non-hydrogen) atoms. The Labute approximate surface area is 125 Å². The van der Waals surface area contributed by atoms with Crippen LogP contribution < -0.4 is 4.90 Å². The summed E-state index contributed by atoms with van der Waals surface area (Å²) >= 11 is 0. The Balaban J connectivity index is 2.25. The van der Waals surface area contributed by atoms with Gasteiger partial charge in [0.1, 0.15) is 10.7 Å². The van der Waals surface area contributed by atoms with Crippen LogP contribution in [0.1, 0.15) is 19.8 Å². The normalized spacial score (nSPS) is 19.3. The van der Waals surface area contributed by atoms with Gasteiger partial charge in [-0.25, -0.2) is 13.4 Å². The molecule has 0 N–H and O–H groups in total. The monoisotopic (exact) mass is 312 g/mol. The number of hydrogen-bond donors (Lipinski definition) is 0. The molecule has 1 aromatic heterocycles. The van der Waals surface area contributed by atoms with Crippen molar-refractivity contribution in [1.82, 2.24) is 4.98 Å². The molecule has 0 spiro atoms. The lowest BCUT2D eigenvalue weighted by Gasteiger charge is -2.33. The summed E-state index contributed by atoms with van der Waals surface area (Å²) in [4.78, 5) is 18.1. The molecule has 0 saturated carbocycles. The first-order valence-electron chi connectivity index (χ1n) is 7.00. The van der Waals surface area contributed by atoms with Gasteiger partial charge in [-0.1, -0.05) is 0 Å². The van der Waals surface area contributed by atoms with Gasteiger partial charge in [-0.3, -0.25) is 4.79 Å². The van der Waals surface area contributed by atoms with Crippen LogP contribution in [0.3, 0.4) is 0 Å². The van der Waals surface area contributed by atoms with E-state index in [0.29, 0.717) is 25.5 Å². The lowest BCUT2D eigenvalue weighted by Crippen LogP contribution is -2.40. The van der Waals surface area contributed by atoms with E-state index in [1.807, 2.05) is 4.90 Å². The van der Waals surface area contributed by atoms with Gasteiger partial charge in [0.05, 0.1) is 12.5 Å². The van der Waals surface area contributed by atoms with Crippen LogP contribution in [-0.2, 0) is 19.4 Å². The molecule has 6 nitrogen and oxygen atoms in total. The van der Waals surface area contributed by atoms with E-state index in [-0.39, 0.29) is 16.8 Å². The summed E-state index contributed by atoms with van der Waals surface area (Å²) in [7, 11) is -3.35. The average molecular weight is 312 g/mol. The molecule has 1 unspecified atom stereocenters. The quantitative estimate of drug-likeness (QED) is 0.779. The predicted molar refractivity (Wildman–Crippen MR) is 78.9 cm³/mol. The zero-order valence-corrected chi connectivity index (χ0v) is 13.1. The number of carbonyl (C=O) groups is 1. The van der Waals surface area contributed by atoms with Crippen LogP contribution in [0.5, 0.6) is 0 Å². The molecule has 1 aliphatic rings. The molecule has 0 bridgehead atoms. The van der Waals surface area contributed by atoms with Gasteiger partial charge in [-0.05, 0) is 31.9 Å². The van der Waals surface area contributed by atoms with E-state index in [2.05, 4.69) is 4.98 Å². The maximum Gasteiger partial charge on any atom is 0.310 e. The number of sulfone groups is 1. The largest absolute Gasteiger partial charge is 0.466 e. The SMILES string of the molecule is CCOC(=O)C1CCCN(c2ncccc2S(C)(=O)=O)C1. The van der Waals surface area contributed by atoms with E-state index in [0.717, 1.165) is 12.8 Å². The summed E-state index contributed by atoms with van der Waals surface area (Å²) in [6, 6.07) is 3.15. The molecule has 1 aliphatic heterocycles. The standard InChI is InChI=1S/C14H20N2O4S/c1-3-20-14(17)11-6-5-9-16(10-11)13-12(21(2,18)19)7-4-8-15-13/h4,7-8,11H,3,5-6,9-10H2,1-2H3. The van der Waals surface area contributed by atoms with Gasteiger partial charge >= 0.3 is 5.97 Å². The van der Waals surface area contributed by atoms with Crippen LogP contribution in [0, 0.1) is 5.92 Å². The molecule has 7 heteroatoms. The third-order valence-electron chi connectivity index (χ3n) is 3.49. The Morgan fingerprint density at radius 1 is 1.52 bits per heavy atom. The van der Waals surface area contributed by atoms with E-state index >= 15 is 0 Å². The Bertz CT molecular complexity index is 615. The van der Waals surface area contributed by atoms with E-state index in [4.69, 9.17) is 4.74 Å². The number of rotatable bonds is 4. The highest BCUT2D eigenvalue weighted by molar-refractivity contribution is 7.90. The Morgan fingerprint density at radius 2 is 2.29 bits per heavy atom. The van der Waals surface area contributed by atoms with Crippen LogP contribution >= 0.6 is 0 Å². The molecule has 2 heterocycles. The molecule has 0 aliphatic carbocycles. The topological polar surface area (TPSA) is 76.6 Å². The van der Waals surface area contributed by atoms with Gasteiger partial charge in [-0.15, -0.1) is 0 Å². The zero-order chi connectivity index (χ0) is 15.5. The summed E-state index contributed by atoms with van der Waals surface area (Å²) in [5.41, 5.74) is 0. The van der Waals surface area contributed by atoms with Crippen molar-refractivity contribution in [2.45, 2.75) is 24.7 Å². The van der Waals surface area contributed by atoms with Crippen LogP contribution in [0.25, 0.3) is 0 Å². The molecule has 2 rings (SSSR count). The highest BCUT2D eigenvalue weighted by atomic mass is 32.2. The van der Waals surface area contributed by atoms with Gasteiger partial charge in [0, 0.05) is 25.5 Å². The fourth-order valence-electron chi connectivity index (χ4n) is 2.53. The van der Waals surface area contributed by atoms with Gasteiger partial charge in [0.25, 0.3) is 0 Å². The second-order valence-electron chi connectivity index (χ2n) is 5.13. The molecule has 116 valence electrons. The lowest BCUT2D eigenvalue weighted by atomic mass is 9.98. The average Bonchev–Trinajstić information content (AvgIpc) is 2.47. The van der Waals surface area contributed by atoms with Gasteiger partial charge in [0.15, 0.2) is 9.84 Å². The Hall–Kier alpha value is -1.63. The molecular weight excluding hydrogens is 292 g/mol. The lowest BCUT2D eigenvalue weighted by molar-refractivity contribution is -0.148. The Kier molecular flexibility index (Phi) is 4.82. The summed E-state index contributed by atoms with van der Waals surface area (Å²) in [5, 5.41) is 0. The van der Waals surface area contributed by atoms with Crippen molar-refractivity contribution in [3.05, 3.63) is 18.3 Å². The zero-order valence-electron chi connectivity index (χ0n) is 12.3. The fourth-order valence-corrected chi connectivity index (χ4v) is 3.37. The minimum absolute atomic E-state index is 0.203. The summed E-state index contributed by atoms with van der Waals surface area (Å²) in [6.45, 7) is 3.26. The maximum atomic E-state index is 11.9. The minimum Gasteiger partial charge on any atom is -0.466 e. The Morgan fingerprint density at radius 3 is 2.95 bits per heavy atom. The molecule has 1 fully saturated rings. The van der Waals surface area contributed by atoms with E-state index in [1.165, 1.54) is 6.26 Å². The predicted octanol–water partition coefficient (Wildman–Crippen LogP) is 1.26. The molecule has 1 atom stereocenters. The fraction of sp³-hybridized carbons (Fsp3) is 0.571. The number of aromatic nitrogens is 1. The van der Waals surface area contributed by atoms with Gasteiger partial charge in [-0.2, -0.15) is 0 Å². The van der Waals surface area contributed by atoms with Crippen molar-refractivity contribution in [2.24, 2.45) is 5.92 Å². The first kappa shape index (κ1) is 15.8. The molecule has 0 radical (unpaired) electrons. The van der Waals surface area contributed by atoms with Gasteiger partial charge < -0.3 is 9.64 Å². The van der Waals surface area contributed by atoms with Crippen molar-refractivity contribution in [3.63, 3.8) is 0 Å². The number of carbonyl (C=O) groups excluding carboxylic acids is 1. The first-order valence-corrected chi connectivity index (χ1v) is 8.89. The number of piperidine rings is 1. The molecular formula is C14H20N2O4S. The number of anilines is 1. The van der Waals surface area contributed by atoms with Crippen molar-refractivity contribution >= 4 is 21.6 Å². The number of nitrogens with zero attached hydrogens (tertiary/aromatic N) is 2. The number of esters is 1. The van der Waals surface area contributed by atoms with E-state index in [9.17, 15) is 13.2 Å². The summed E-state index contributed by atoms with van der Waals surface area (Å²) < 4.78 is 28.8. The van der Waals surface area contributed by atoms with Crippen molar-refractivity contribution in [2.75, 3.05) is 30.9 Å². The van der Waals surface area contributed by atoms with Crippen LogP contribution in [-0.4, -0.2) is 45.3 Å². The highest BCUT2D eigenvalue weighted by Gasteiger charge is 2.29. The van der Waals surface area contributed by atoms with Crippen molar-refractivity contribution in [1.29, 1.82) is 0 Å².